The molecule has 0 amide bonds. The first-order valence-electron chi connectivity index (χ1n) is 7.42. The molecule has 1 saturated heterocycles. The monoisotopic (exact) mass is 294 g/mol. The molecule has 0 radical (unpaired) electrons. The Hall–Kier alpha value is -1.43. The van der Waals surface area contributed by atoms with Crippen molar-refractivity contribution in [2.45, 2.75) is 25.6 Å². The zero-order valence-corrected chi connectivity index (χ0v) is 12.5. The summed E-state index contributed by atoms with van der Waals surface area (Å²) in [6.45, 7) is 3.01. The van der Waals surface area contributed by atoms with Crippen LogP contribution < -0.4 is 9.64 Å². The molecule has 116 valence electrons. The smallest absolute Gasteiger partial charge is 0.144 e. The fourth-order valence-electron chi connectivity index (χ4n) is 2.61. The number of aliphatic hydroxyl groups is 1. The lowest BCUT2D eigenvalue weighted by Crippen LogP contribution is -3.14. The van der Waals surface area contributed by atoms with Gasteiger partial charge in [-0.05, 0) is 6.07 Å². The van der Waals surface area contributed by atoms with E-state index in [4.69, 9.17) is 9.47 Å². The minimum absolute atomic E-state index is 0.301. The van der Waals surface area contributed by atoms with E-state index in [2.05, 4.69) is 0 Å². The average Bonchev–Trinajstić information content (AvgIpc) is 2.50. The van der Waals surface area contributed by atoms with Gasteiger partial charge in [-0.1, -0.05) is 18.2 Å². The van der Waals surface area contributed by atoms with Crippen molar-refractivity contribution >= 4 is 5.78 Å². The van der Waals surface area contributed by atoms with Gasteiger partial charge in [0.1, 0.15) is 24.2 Å². The Kier molecular flexibility index (Phi) is 6.17. The molecule has 0 aliphatic carbocycles. The number of hydrogen-bond acceptors (Lipinski definition) is 4. The summed E-state index contributed by atoms with van der Waals surface area (Å²) in [7, 11) is 1.63. The number of carbonyl (C=O) groups is 1. The number of likely N-dealkylation sites (tertiary alicyclic amines) is 1. The quantitative estimate of drug-likeness (QED) is 0.732. The molecule has 0 unspecified atom stereocenters. The zero-order chi connectivity index (χ0) is 15.1. The molecular formula is C16H24NO4+. The number of rotatable bonds is 7. The number of ketones is 1. The number of hydrogen-bond donors (Lipinski definition) is 2. The molecular weight excluding hydrogens is 270 g/mol. The number of methoxy groups -OCH3 is 1. The predicted octanol–water partition coefficient (Wildman–Crippen LogP) is -0.179. The predicted molar refractivity (Wildman–Crippen MR) is 78.5 cm³/mol. The fraction of sp³-hybridized carbons (Fsp3) is 0.562. The third kappa shape index (κ3) is 5.12. The summed E-state index contributed by atoms with van der Waals surface area (Å²) in [5.74, 6) is 1.13. The second-order valence-corrected chi connectivity index (χ2v) is 5.47. The fourth-order valence-corrected chi connectivity index (χ4v) is 2.61. The van der Waals surface area contributed by atoms with Crippen molar-refractivity contribution in [1.29, 1.82) is 0 Å². The normalized spacial score (nSPS) is 17.7. The van der Waals surface area contributed by atoms with Crippen LogP contribution in [0, 0.1) is 0 Å². The topological polar surface area (TPSA) is 60.2 Å². The average molecular weight is 294 g/mol. The van der Waals surface area contributed by atoms with Crippen molar-refractivity contribution in [3.63, 3.8) is 0 Å². The largest absolute Gasteiger partial charge is 0.496 e. The second-order valence-electron chi connectivity index (χ2n) is 5.47. The lowest BCUT2D eigenvalue weighted by molar-refractivity contribution is -0.904. The zero-order valence-electron chi connectivity index (χ0n) is 12.5. The molecule has 0 bridgehead atoms. The first kappa shape index (κ1) is 15.9. The molecule has 0 saturated carbocycles. The molecule has 1 aromatic rings. The van der Waals surface area contributed by atoms with Crippen molar-refractivity contribution in [2.24, 2.45) is 0 Å². The molecule has 1 aromatic carbocycles. The summed E-state index contributed by atoms with van der Waals surface area (Å²) in [6.07, 6.45) is 0.761. The maximum Gasteiger partial charge on any atom is 0.144 e. The molecule has 5 nitrogen and oxygen atoms in total. The maximum absolute atomic E-state index is 11.2. The molecule has 1 atom stereocenters. The minimum atomic E-state index is -0.497. The second kappa shape index (κ2) is 8.12. The van der Waals surface area contributed by atoms with E-state index in [-0.39, 0.29) is 0 Å². The lowest BCUT2D eigenvalue weighted by atomic mass is 10.1. The van der Waals surface area contributed by atoms with Crippen LogP contribution in [0.1, 0.15) is 18.4 Å². The Morgan fingerprint density at radius 3 is 2.71 bits per heavy atom. The first-order chi connectivity index (χ1) is 10.2. The van der Waals surface area contributed by atoms with Gasteiger partial charge in [0.2, 0.25) is 0 Å². The number of ether oxygens (including phenoxy) is 2. The van der Waals surface area contributed by atoms with Gasteiger partial charge in [-0.3, -0.25) is 4.79 Å². The molecule has 1 fully saturated rings. The van der Waals surface area contributed by atoms with Crippen LogP contribution in [0.25, 0.3) is 0 Å². The molecule has 1 aliphatic heterocycles. The van der Waals surface area contributed by atoms with E-state index in [9.17, 15) is 9.90 Å². The number of nitrogens with one attached hydrogen (secondary N) is 1. The molecule has 2 N–H and O–H groups in total. The van der Waals surface area contributed by atoms with Gasteiger partial charge >= 0.3 is 0 Å². The van der Waals surface area contributed by atoms with E-state index >= 15 is 0 Å². The van der Waals surface area contributed by atoms with Crippen LogP contribution >= 0.6 is 0 Å². The van der Waals surface area contributed by atoms with E-state index in [1.807, 2.05) is 24.3 Å². The van der Waals surface area contributed by atoms with E-state index in [1.54, 1.807) is 7.11 Å². The SMILES string of the molecule is COc1ccccc1COC[C@@H](O)C[NH+]1CCC(=O)CC1. The van der Waals surface area contributed by atoms with Crippen LogP contribution in [0.5, 0.6) is 5.75 Å². The van der Waals surface area contributed by atoms with Crippen LogP contribution in [0.2, 0.25) is 0 Å². The number of para-hydroxylation sites is 1. The summed E-state index contributed by atoms with van der Waals surface area (Å²) in [5.41, 5.74) is 0.975. The van der Waals surface area contributed by atoms with Gasteiger partial charge in [0.05, 0.1) is 46.3 Å². The van der Waals surface area contributed by atoms with E-state index in [0.717, 1.165) is 24.4 Å². The van der Waals surface area contributed by atoms with E-state index in [1.165, 1.54) is 4.90 Å². The molecule has 5 heteroatoms. The summed E-state index contributed by atoms with van der Waals surface area (Å²) >= 11 is 0. The number of quaternary nitrogens is 1. The Balaban J connectivity index is 1.69. The summed E-state index contributed by atoms with van der Waals surface area (Å²) in [6, 6.07) is 7.70. The minimum Gasteiger partial charge on any atom is -0.496 e. The summed E-state index contributed by atoms with van der Waals surface area (Å²) in [4.78, 5) is 12.5. The molecule has 1 heterocycles. The van der Waals surface area contributed by atoms with Crippen LogP contribution in [-0.2, 0) is 16.1 Å². The number of carbonyl (C=O) groups excluding carboxylic acids is 1. The number of aliphatic hydroxyl groups excluding tert-OH is 1. The van der Waals surface area contributed by atoms with Gasteiger partial charge in [0.25, 0.3) is 0 Å². The van der Waals surface area contributed by atoms with Gasteiger partial charge in [-0.25, -0.2) is 0 Å². The summed E-state index contributed by atoms with van der Waals surface area (Å²) < 4.78 is 10.8. The van der Waals surface area contributed by atoms with Crippen molar-refractivity contribution in [3.05, 3.63) is 29.8 Å². The number of Topliss-reactive ketones (excluding diaryl/α,β-unsaturated/α-hetero) is 1. The van der Waals surface area contributed by atoms with Crippen molar-refractivity contribution in [1.82, 2.24) is 0 Å². The Bertz CT molecular complexity index is 453. The number of benzene rings is 1. The third-order valence-electron chi connectivity index (χ3n) is 3.80. The molecule has 2 rings (SSSR count). The molecule has 1 aliphatic rings. The van der Waals surface area contributed by atoms with Crippen molar-refractivity contribution in [2.75, 3.05) is 33.4 Å². The molecule has 0 spiro atoms. The van der Waals surface area contributed by atoms with Gasteiger partial charge in [0, 0.05) is 5.56 Å². The third-order valence-corrected chi connectivity index (χ3v) is 3.80. The number of piperidine rings is 1. The Morgan fingerprint density at radius 2 is 2.00 bits per heavy atom. The Morgan fingerprint density at radius 1 is 1.29 bits per heavy atom. The first-order valence-corrected chi connectivity index (χ1v) is 7.42. The van der Waals surface area contributed by atoms with Crippen LogP contribution in [-0.4, -0.2) is 50.3 Å². The highest BCUT2D eigenvalue weighted by atomic mass is 16.5. The van der Waals surface area contributed by atoms with Crippen LogP contribution in [0.3, 0.4) is 0 Å². The van der Waals surface area contributed by atoms with Gasteiger partial charge in [-0.2, -0.15) is 0 Å². The van der Waals surface area contributed by atoms with Gasteiger partial charge in [0.15, 0.2) is 0 Å². The highest BCUT2D eigenvalue weighted by Crippen LogP contribution is 2.17. The summed E-state index contributed by atoms with van der Waals surface area (Å²) in [5, 5.41) is 10.0. The van der Waals surface area contributed by atoms with E-state index < -0.39 is 6.10 Å². The van der Waals surface area contributed by atoms with E-state index in [0.29, 0.717) is 38.4 Å². The molecule has 21 heavy (non-hydrogen) atoms. The van der Waals surface area contributed by atoms with Crippen molar-refractivity contribution < 1.29 is 24.3 Å². The standard InChI is InChI=1S/C16H23NO4/c1-20-16-5-3-2-4-13(16)11-21-12-15(19)10-17-8-6-14(18)7-9-17/h2-5,15,19H,6-12H2,1H3/p+1/t15-/m0/s1. The van der Waals surface area contributed by atoms with Crippen LogP contribution in [0.4, 0.5) is 0 Å². The van der Waals surface area contributed by atoms with Crippen molar-refractivity contribution in [3.8, 4) is 5.75 Å². The highest BCUT2D eigenvalue weighted by molar-refractivity contribution is 5.78. The highest BCUT2D eigenvalue weighted by Gasteiger charge is 2.22. The van der Waals surface area contributed by atoms with Crippen LogP contribution in [0.15, 0.2) is 24.3 Å². The van der Waals surface area contributed by atoms with Gasteiger partial charge < -0.3 is 19.5 Å². The maximum atomic E-state index is 11.2. The Labute approximate surface area is 125 Å². The van der Waals surface area contributed by atoms with Gasteiger partial charge in [-0.15, -0.1) is 0 Å². The lowest BCUT2D eigenvalue weighted by Gasteiger charge is -2.25. The molecule has 0 aromatic heterocycles.